The molecule has 1 saturated carbocycles. The third kappa shape index (κ3) is 3.33. The number of nitrogens with zero attached hydrogens (tertiary/aromatic N) is 3. The van der Waals surface area contributed by atoms with E-state index in [-0.39, 0.29) is 6.42 Å². The molecule has 2 rings (SSSR count). The highest BCUT2D eigenvalue weighted by Crippen LogP contribution is 2.31. The molecule has 5 nitrogen and oxygen atoms in total. The van der Waals surface area contributed by atoms with Gasteiger partial charge in [-0.25, -0.2) is 9.97 Å². The first-order chi connectivity index (χ1) is 8.20. The lowest BCUT2D eigenvalue weighted by atomic mass is 10.3. The number of carboxylic acid groups (broad SMARTS) is 1. The molecule has 1 aromatic heterocycles. The molecular formula is C11H15N3O2S. The molecule has 1 aliphatic carbocycles. The summed E-state index contributed by atoms with van der Waals surface area (Å²) < 4.78 is 0. The Hall–Kier alpha value is -1.30. The monoisotopic (exact) mass is 253 g/mol. The Bertz CT molecular complexity index is 409. The van der Waals surface area contributed by atoms with Gasteiger partial charge in [0, 0.05) is 18.7 Å². The lowest BCUT2D eigenvalue weighted by molar-refractivity contribution is -0.136. The van der Waals surface area contributed by atoms with E-state index < -0.39 is 5.97 Å². The summed E-state index contributed by atoms with van der Waals surface area (Å²) in [5, 5.41) is 9.66. The number of aromatic nitrogens is 2. The Balaban J connectivity index is 2.10. The summed E-state index contributed by atoms with van der Waals surface area (Å²) in [6.45, 7) is 0.519. The summed E-state index contributed by atoms with van der Waals surface area (Å²) in [5.41, 5.74) is 0. The van der Waals surface area contributed by atoms with Crippen LogP contribution in [-0.4, -0.2) is 39.9 Å². The molecule has 1 fully saturated rings. The Morgan fingerprint density at radius 1 is 1.59 bits per heavy atom. The standard InChI is InChI=1S/C11H15N3O2S/c1-17-10-6-9(12-7-13-10)14(8-2-3-8)5-4-11(15)16/h6-8H,2-5H2,1H3,(H,15,16). The zero-order valence-electron chi connectivity index (χ0n) is 9.67. The zero-order chi connectivity index (χ0) is 12.3. The van der Waals surface area contributed by atoms with Crippen molar-refractivity contribution in [2.75, 3.05) is 17.7 Å². The number of hydrogen-bond donors (Lipinski definition) is 1. The molecule has 0 saturated heterocycles. The zero-order valence-corrected chi connectivity index (χ0v) is 10.5. The third-order valence-corrected chi connectivity index (χ3v) is 3.33. The second-order valence-electron chi connectivity index (χ2n) is 3.99. The average Bonchev–Trinajstić information content (AvgIpc) is 3.14. The molecule has 1 heterocycles. The highest BCUT2D eigenvalue weighted by Gasteiger charge is 2.30. The van der Waals surface area contributed by atoms with Crippen LogP contribution in [0.15, 0.2) is 17.4 Å². The van der Waals surface area contributed by atoms with Gasteiger partial charge in [0.25, 0.3) is 0 Å². The topological polar surface area (TPSA) is 66.3 Å². The number of carboxylic acids is 1. The molecule has 0 spiro atoms. The molecule has 0 amide bonds. The van der Waals surface area contributed by atoms with Crippen molar-refractivity contribution in [3.63, 3.8) is 0 Å². The van der Waals surface area contributed by atoms with Gasteiger partial charge in [-0.15, -0.1) is 11.8 Å². The fourth-order valence-electron chi connectivity index (χ4n) is 1.69. The van der Waals surface area contributed by atoms with Crippen LogP contribution in [0.1, 0.15) is 19.3 Å². The molecule has 0 aromatic carbocycles. The highest BCUT2D eigenvalue weighted by atomic mass is 32.2. The maximum absolute atomic E-state index is 10.6. The van der Waals surface area contributed by atoms with Gasteiger partial charge in [0.2, 0.25) is 0 Å². The molecule has 17 heavy (non-hydrogen) atoms. The predicted octanol–water partition coefficient (Wildman–Crippen LogP) is 1.64. The van der Waals surface area contributed by atoms with Crippen molar-refractivity contribution >= 4 is 23.5 Å². The van der Waals surface area contributed by atoms with Crippen LogP contribution in [0.2, 0.25) is 0 Å². The molecule has 6 heteroatoms. The van der Waals surface area contributed by atoms with E-state index in [1.54, 1.807) is 11.8 Å². The maximum atomic E-state index is 10.6. The number of aliphatic carboxylic acids is 1. The Labute approximate surface area is 104 Å². The predicted molar refractivity (Wildman–Crippen MR) is 66.4 cm³/mol. The van der Waals surface area contributed by atoms with Gasteiger partial charge in [-0.05, 0) is 19.1 Å². The SMILES string of the molecule is CSc1cc(N(CCC(=O)O)C2CC2)ncn1. The number of carbonyl (C=O) groups is 1. The van der Waals surface area contributed by atoms with E-state index in [0.29, 0.717) is 12.6 Å². The molecule has 92 valence electrons. The lowest BCUT2D eigenvalue weighted by Gasteiger charge is -2.22. The van der Waals surface area contributed by atoms with Crippen molar-refractivity contribution in [1.29, 1.82) is 0 Å². The summed E-state index contributed by atoms with van der Waals surface area (Å²) in [6.07, 6.45) is 5.90. The maximum Gasteiger partial charge on any atom is 0.305 e. The molecule has 0 atom stereocenters. The second kappa shape index (κ2) is 5.35. The van der Waals surface area contributed by atoms with Crippen LogP contribution < -0.4 is 4.90 Å². The minimum Gasteiger partial charge on any atom is -0.481 e. The van der Waals surface area contributed by atoms with Crippen molar-refractivity contribution in [2.45, 2.75) is 30.3 Å². The third-order valence-electron chi connectivity index (χ3n) is 2.69. The van der Waals surface area contributed by atoms with Gasteiger partial charge in [-0.2, -0.15) is 0 Å². The van der Waals surface area contributed by atoms with Gasteiger partial charge in [0.05, 0.1) is 6.42 Å². The van der Waals surface area contributed by atoms with E-state index in [0.717, 1.165) is 23.7 Å². The number of rotatable bonds is 6. The summed E-state index contributed by atoms with van der Waals surface area (Å²) >= 11 is 1.56. The van der Waals surface area contributed by atoms with Crippen LogP contribution in [0.5, 0.6) is 0 Å². The molecule has 0 aliphatic heterocycles. The smallest absolute Gasteiger partial charge is 0.305 e. The van der Waals surface area contributed by atoms with Crippen molar-refractivity contribution in [2.24, 2.45) is 0 Å². The van der Waals surface area contributed by atoms with E-state index in [4.69, 9.17) is 5.11 Å². The van der Waals surface area contributed by atoms with Crippen molar-refractivity contribution in [1.82, 2.24) is 9.97 Å². The summed E-state index contributed by atoms with van der Waals surface area (Å²) in [5.74, 6) is 0.0721. The average molecular weight is 253 g/mol. The van der Waals surface area contributed by atoms with Gasteiger partial charge in [-0.3, -0.25) is 4.79 Å². The molecular weight excluding hydrogens is 238 g/mol. The first kappa shape index (κ1) is 12.2. The fourth-order valence-corrected chi connectivity index (χ4v) is 2.06. The van der Waals surface area contributed by atoms with Gasteiger partial charge in [0.15, 0.2) is 0 Å². The van der Waals surface area contributed by atoms with E-state index >= 15 is 0 Å². The number of hydrogen-bond acceptors (Lipinski definition) is 5. The molecule has 1 aromatic rings. The second-order valence-corrected chi connectivity index (χ2v) is 4.81. The van der Waals surface area contributed by atoms with Crippen LogP contribution in [0.3, 0.4) is 0 Å². The van der Waals surface area contributed by atoms with E-state index in [1.807, 2.05) is 12.3 Å². The summed E-state index contributed by atoms with van der Waals surface area (Å²) in [6, 6.07) is 2.38. The first-order valence-electron chi connectivity index (χ1n) is 5.55. The minimum absolute atomic E-state index is 0.148. The number of anilines is 1. The van der Waals surface area contributed by atoms with E-state index in [2.05, 4.69) is 14.9 Å². The summed E-state index contributed by atoms with van der Waals surface area (Å²) in [4.78, 5) is 21.1. The summed E-state index contributed by atoms with van der Waals surface area (Å²) in [7, 11) is 0. The minimum atomic E-state index is -0.769. The van der Waals surface area contributed by atoms with Crippen LogP contribution in [0.25, 0.3) is 0 Å². The molecule has 1 aliphatic rings. The van der Waals surface area contributed by atoms with Crippen LogP contribution in [0.4, 0.5) is 5.82 Å². The Morgan fingerprint density at radius 3 is 2.94 bits per heavy atom. The molecule has 0 unspecified atom stereocenters. The van der Waals surface area contributed by atoms with Crippen LogP contribution in [-0.2, 0) is 4.79 Å². The number of thioether (sulfide) groups is 1. The first-order valence-corrected chi connectivity index (χ1v) is 6.77. The van der Waals surface area contributed by atoms with E-state index in [9.17, 15) is 4.79 Å². The Kier molecular flexibility index (Phi) is 3.83. The van der Waals surface area contributed by atoms with Crippen LogP contribution in [0, 0.1) is 0 Å². The lowest BCUT2D eigenvalue weighted by Crippen LogP contribution is -2.29. The van der Waals surface area contributed by atoms with E-state index in [1.165, 1.54) is 6.33 Å². The molecule has 0 radical (unpaired) electrons. The Morgan fingerprint density at radius 2 is 2.35 bits per heavy atom. The normalized spacial score (nSPS) is 14.6. The molecule has 1 N–H and O–H groups in total. The van der Waals surface area contributed by atoms with Crippen molar-refractivity contribution in [3.8, 4) is 0 Å². The van der Waals surface area contributed by atoms with Gasteiger partial charge >= 0.3 is 5.97 Å². The quantitative estimate of drug-likeness (QED) is 0.614. The fraction of sp³-hybridized carbons (Fsp3) is 0.545. The largest absolute Gasteiger partial charge is 0.481 e. The van der Waals surface area contributed by atoms with Crippen molar-refractivity contribution < 1.29 is 9.90 Å². The van der Waals surface area contributed by atoms with Crippen molar-refractivity contribution in [3.05, 3.63) is 12.4 Å². The molecule has 0 bridgehead atoms. The van der Waals surface area contributed by atoms with Crippen LogP contribution >= 0.6 is 11.8 Å². The van der Waals surface area contributed by atoms with Gasteiger partial charge < -0.3 is 10.0 Å². The van der Waals surface area contributed by atoms with Gasteiger partial charge in [-0.1, -0.05) is 0 Å². The van der Waals surface area contributed by atoms with Gasteiger partial charge in [0.1, 0.15) is 17.2 Å². The highest BCUT2D eigenvalue weighted by molar-refractivity contribution is 7.98.